The monoisotopic (exact) mass is 265 g/mol. The summed E-state index contributed by atoms with van der Waals surface area (Å²) in [5.74, 6) is -1.16. The second-order valence-corrected chi connectivity index (χ2v) is 4.24. The third-order valence-electron chi connectivity index (χ3n) is 2.81. The Bertz CT molecular complexity index is 695. The molecule has 6 heteroatoms. The number of aryl methyl sites for hydroxylation is 1. The normalized spacial score (nSPS) is 10.5. The van der Waals surface area contributed by atoms with Crippen molar-refractivity contribution in [2.75, 3.05) is 11.1 Å². The molecule has 0 aliphatic rings. The molecule has 0 unspecified atom stereocenters. The summed E-state index contributed by atoms with van der Waals surface area (Å²) in [6.45, 7) is 1.64. The lowest BCUT2D eigenvalue weighted by Gasteiger charge is -2.15. The molecule has 2 aromatic rings. The van der Waals surface area contributed by atoms with Crippen molar-refractivity contribution >= 4 is 17.2 Å². The number of nitrogens with two attached hydrogens (primary N) is 1. The zero-order valence-corrected chi connectivity index (χ0v) is 10.5. The molecule has 19 heavy (non-hydrogen) atoms. The standard InChI is InChI=1S/C13H13F2N3O/c1-7-5-10(16)12(18(2)13(7)19)17-11-4-3-8(14)6-9(11)15/h3-6,17H,16H2,1-2H3. The molecular weight excluding hydrogens is 252 g/mol. The highest BCUT2D eigenvalue weighted by Gasteiger charge is 2.11. The molecule has 0 saturated heterocycles. The molecule has 100 valence electrons. The summed E-state index contributed by atoms with van der Waals surface area (Å²) >= 11 is 0. The van der Waals surface area contributed by atoms with Crippen LogP contribution >= 0.6 is 0 Å². The number of anilines is 3. The van der Waals surface area contributed by atoms with E-state index in [2.05, 4.69) is 5.32 Å². The van der Waals surface area contributed by atoms with Crippen LogP contribution in [0, 0.1) is 18.6 Å². The summed E-state index contributed by atoms with van der Waals surface area (Å²) in [5.41, 5.74) is 6.41. The van der Waals surface area contributed by atoms with E-state index in [0.717, 1.165) is 12.1 Å². The maximum Gasteiger partial charge on any atom is 0.254 e. The summed E-state index contributed by atoms with van der Waals surface area (Å²) < 4.78 is 27.6. The fourth-order valence-corrected chi connectivity index (χ4v) is 1.80. The van der Waals surface area contributed by atoms with Gasteiger partial charge < -0.3 is 11.1 Å². The van der Waals surface area contributed by atoms with Gasteiger partial charge in [0.2, 0.25) is 0 Å². The highest BCUT2D eigenvalue weighted by Crippen LogP contribution is 2.24. The lowest BCUT2D eigenvalue weighted by molar-refractivity contribution is 0.586. The third-order valence-corrected chi connectivity index (χ3v) is 2.81. The Kier molecular flexibility index (Phi) is 3.25. The van der Waals surface area contributed by atoms with Gasteiger partial charge >= 0.3 is 0 Å². The van der Waals surface area contributed by atoms with Gasteiger partial charge in [-0.15, -0.1) is 0 Å². The zero-order chi connectivity index (χ0) is 14.2. The van der Waals surface area contributed by atoms with Crippen molar-refractivity contribution in [1.82, 2.24) is 4.57 Å². The fourth-order valence-electron chi connectivity index (χ4n) is 1.80. The van der Waals surface area contributed by atoms with Gasteiger partial charge in [-0.3, -0.25) is 9.36 Å². The van der Waals surface area contributed by atoms with E-state index in [1.807, 2.05) is 0 Å². The highest BCUT2D eigenvalue weighted by molar-refractivity contribution is 5.69. The lowest BCUT2D eigenvalue weighted by atomic mass is 10.2. The number of pyridine rings is 1. The van der Waals surface area contributed by atoms with Gasteiger partial charge in [0.15, 0.2) is 0 Å². The van der Waals surface area contributed by atoms with E-state index in [1.165, 1.54) is 23.7 Å². The number of aromatic nitrogens is 1. The second kappa shape index (κ2) is 4.72. The van der Waals surface area contributed by atoms with E-state index in [-0.39, 0.29) is 17.1 Å². The second-order valence-electron chi connectivity index (χ2n) is 4.24. The Morgan fingerprint density at radius 2 is 1.95 bits per heavy atom. The summed E-state index contributed by atoms with van der Waals surface area (Å²) in [7, 11) is 1.52. The van der Waals surface area contributed by atoms with Gasteiger partial charge in [-0.05, 0) is 25.1 Å². The van der Waals surface area contributed by atoms with Gasteiger partial charge in [-0.1, -0.05) is 0 Å². The van der Waals surface area contributed by atoms with E-state index >= 15 is 0 Å². The Hall–Kier alpha value is -2.37. The molecule has 1 aromatic heterocycles. The molecule has 1 aromatic carbocycles. The van der Waals surface area contributed by atoms with Crippen LogP contribution in [-0.2, 0) is 7.05 Å². The Labute approximate surface area is 108 Å². The van der Waals surface area contributed by atoms with Crippen molar-refractivity contribution in [2.45, 2.75) is 6.92 Å². The summed E-state index contributed by atoms with van der Waals surface area (Å²) in [6.07, 6.45) is 0. The topological polar surface area (TPSA) is 60.0 Å². The molecule has 0 aliphatic heterocycles. The number of nitrogen functional groups attached to an aromatic ring is 1. The first-order valence-corrected chi connectivity index (χ1v) is 5.58. The molecule has 0 bridgehead atoms. The zero-order valence-electron chi connectivity index (χ0n) is 10.5. The molecule has 3 N–H and O–H groups in total. The van der Waals surface area contributed by atoms with Crippen LogP contribution in [0.5, 0.6) is 0 Å². The van der Waals surface area contributed by atoms with Crippen LogP contribution < -0.4 is 16.6 Å². The number of nitrogens with zero attached hydrogens (tertiary/aromatic N) is 1. The number of hydrogen-bond donors (Lipinski definition) is 2. The van der Waals surface area contributed by atoms with Gasteiger partial charge in [0, 0.05) is 18.7 Å². The quantitative estimate of drug-likeness (QED) is 0.875. The fraction of sp³-hybridized carbons (Fsp3) is 0.154. The average molecular weight is 265 g/mol. The maximum absolute atomic E-state index is 13.5. The van der Waals surface area contributed by atoms with Crippen LogP contribution in [0.15, 0.2) is 29.1 Å². The van der Waals surface area contributed by atoms with Crippen molar-refractivity contribution in [2.24, 2.45) is 7.05 Å². The van der Waals surface area contributed by atoms with Gasteiger partial charge in [-0.25, -0.2) is 8.78 Å². The first kappa shape index (κ1) is 13.1. The van der Waals surface area contributed by atoms with Crippen molar-refractivity contribution in [1.29, 1.82) is 0 Å². The summed E-state index contributed by atoms with van der Waals surface area (Å²) in [6, 6.07) is 4.62. The van der Waals surface area contributed by atoms with Crippen molar-refractivity contribution in [3.63, 3.8) is 0 Å². The minimum atomic E-state index is -0.757. The van der Waals surface area contributed by atoms with Crippen molar-refractivity contribution < 1.29 is 8.78 Å². The first-order valence-electron chi connectivity index (χ1n) is 5.58. The van der Waals surface area contributed by atoms with Crippen LogP contribution in [0.3, 0.4) is 0 Å². The molecule has 0 spiro atoms. The van der Waals surface area contributed by atoms with Gasteiger partial charge in [0.1, 0.15) is 17.5 Å². The number of benzene rings is 1. The molecule has 0 radical (unpaired) electrons. The Balaban J connectivity index is 2.50. The molecule has 0 fully saturated rings. The Morgan fingerprint density at radius 3 is 2.58 bits per heavy atom. The van der Waals surface area contributed by atoms with Crippen LogP contribution in [-0.4, -0.2) is 4.57 Å². The minimum absolute atomic E-state index is 0.0481. The minimum Gasteiger partial charge on any atom is -0.396 e. The number of rotatable bonds is 2. The summed E-state index contributed by atoms with van der Waals surface area (Å²) in [4.78, 5) is 11.8. The van der Waals surface area contributed by atoms with Crippen molar-refractivity contribution in [3.8, 4) is 0 Å². The number of nitrogens with one attached hydrogen (secondary N) is 1. The molecule has 4 nitrogen and oxygen atoms in total. The predicted octanol–water partition coefficient (Wildman–Crippen LogP) is 2.30. The maximum atomic E-state index is 13.5. The number of hydrogen-bond acceptors (Lipinski definition) is 3. The Morgan fingerprint density at radius 1 is 1.26 bits per heavy atom. The van der Waals surface area contributed by atoms with Crippen LogP contribution in [0.1, 0.15) is 5.56 Å². The van der Waals surface area contributed by atoms with E-state index in [1.54, 1.807) is 6.92 Å². The molecule has 0 atom stereocenters. The van der Waals surface area contributed by atoms with Gasteiger partial charge in [-0.2, -0.15) is 0 Å². The van der Waals surface area contributed by atoms with E-state index in [0.29, 0.717) is 11.3 Å². The molecule has 1 heterocycles. The first-order chi connectivity index (χ1) is 8.90. The van der Waals surface area contributed by atoms with E-state index in [4.69, 9.17) is 5.73 Å². The molecule has 2 rings (SSSR count). The predicted molar refractivity (Wildman–Crippen MR) is 70.5 cm³/mol. The van der Waals surface area contributed by atoms with Crippen LogP contribution in [0.25, 0.3) is 0 Å². The van der Waals surface area contributed by atoms with Crippen LogP contribution in [0.4, 0.5) is 26.0 Å². The number of halogens is 2. The third kappa shape index (κ3) is 2.42. The summed E-state index contributed by atoms with van der Waals surface area (Å²) in [5, 5.41) is 2.70. The largest absolute Gasteiger partial charge is 0.396 e. The molecule has 0 aliphatic carbocycles. The van der Waals surface area contributed by atoms with Gasteiger partial charge in [0.25, 0.3) is 5.56 Å². The molecular formula is C13H13F2N3O. The van der Waals surface area contributed by atoms with Gasteiger partial charge in [0.05, 0.1) is 11.4 Å². The van der Waals surface area contributed by atoms with Crippen LogP contribution in [0.2, 0.25) is 0 Å². The van der Waals surface area contributed by atoms with E-state index in [9.17, 15) is 13.6 Å². The SMILES string of the molecule is Cc1cc(N)c(Nc2ccc(F)cc2F)n(C)c1=O. The highest BCUT2D eigenvalue weighted by atomic mass is 19.1. The van der Waals surface area contributed by atoms with E-state index < -0.39 is 11.6 Å². The van der Waals surface area contributed by atoms with Crippen molar-refractivity contribution in [3.05, 3.63) is 51.8 Å². The smallest absolute Gasteiger partial charge is 0.254 e. The average Bonchev–Trinajstić information content (AvgIpc) is 2.34. The molecule has 0 saturated carbocycles. The molecule has 0 amide bonds. The lowest BCUT2D eigenvalue weighted by Crippen LogP contribution is -2.23.